The first-order valence-corrected chi connectivity index (χ1v) is 9.54. The van der Waals surface area contributed by atoms with Crippen LogP contribution in [0.4, 0.5) is 5.69 Å². The summed E-state index contributed by atoms with van der Waals surface area (Å²) < 4.78 is 5.18. The maximum atomic E-state index is 12.4. The summed E-state index contributed by atoms with van der Waals surface area (Å²) in [6.45, 7) is 3.04. The van der Waals surface area contributed by atoms with Gasteiger partial charge in [-0.15, -0.1) is 11.3 Å². The highest BCUT2D eigenvalue weighted by Gasteiger charge is 2.17. The smallest absolute Gasteiger partial charge is 0.349 e. The summed E-state index contributed by atoms with van der Waals surface area (Å²) in [6, 6.07) is 16.3. The van der Waals surface area contributed by atoms with E-state index < -0.39 is 18.5 Å². The third kappa shape index (κ3) is 4.72. The van der Waals surface area contributed by atoms with E-state index >= 15 is 0 Å². The molecule has 0 aliphatic rings. The van der Waals surface area contributed by atoms with E-state index in [0.717, 1.165) is 16.7 Å². The molecule has 5 nitrogen and oxygen atoms in total. The molecule has 3 aromatic rings. The number of benzene rings is 2. The number of hydrogen-bond acceptors (Lipinski definition) is 5. The third-order valence-electron chi connectivity index (χ3n) is 4.10. The minimum Gasteiger partial charge on any atom is -0.451 e. The Bertz CT molecular complexity index is 1020. The molecular weight excluding hydrogens is 374 g/mol. The highest BCUT2D eigenvalue weighted by molar-refractivity contribution is 7.12. The summed E-state index contributed by atoms with van der Waals surface area (Å²) in [6.07, 6.45) is 0. The molecule has 0 bridgehead atoms. The number of Topliss-reactive ketones (excluding diaryl/α,β-unsaturated/α-hetero) is 1. The highest BCUT2D eigenvalue weighted by atomic mass is 32.1. The van der Waals surface area contributed by atoms with E-state index in [4.69, 9.17) is 4.74 Å². The lowest BCUT2D eigenvalue weighted by atomic mass is 10.1. The Kier molecular flexibility index (Phi) is 6.01. The van der Waals surface area contributed by atoms with Crippen molar-refractivity contribution in [1.82, 2.24) is 0 Å². The van der Waals surface area contributed by atoms with Crippen LogP contribution in [0.3, 0.4) is 0 Å². The minimum absolute atomic E-state index is 0.0937. The number of aryl methyl sites for hydroxylation is 1. The Balaban J connectivity index is 1.62. The number of anilines is 1. The number of esters is 1. The van der Waals surface area contributed by atoms with Crippen LogP contribution in [0, 0.1) is 6.92 Å². The van der Waals surface area contributed by atoms with Gasteiger partial charge < -0.3 is 10.1 Å². The number of ether oxygens (including phenoxy) is 1. The van der Waals surface area contributed by atoms with E-state index in [9.17, 15) is 14.4 Å². The maximum Gasteiger partial charge on any atom is 0.349 e. The quantitative estimate of drug-likeness (QED) is 0.486. The Hall–Kier alpha value is -3.25. The zero-order valence-corrected chi connectivity index (χ0v) is 16.3. The van der Waals surface area contributed by atoms with Crippen molar-refractivity contribution >= 4 is 34.7 Å². The van der Waals surface area contributed by atoms with Gasteiger partial charge in [0.05, 0.1) is 0 Å². The fourth-order valence-electron chi connectivity index (χ4n) is 2.64. The van der Waals surface area contributed by atoms with E-state index in [1.165, 1.54) is 18.3 Å². The monoisotopic (exact) mass is 393 g/mol. The molecule has 0 saturated heterocycles. The van der Waals surface area contributed by atoms with Crippen molar-refractivity contribution in [3.8, 4) is 11.1 Å². The molecule has 0 unspecified atom stereocenters. The number of amides is 1. The first kappa shape index (κ1) is 19.5. The van der Waals surface area contributed by atoms with Crippen LogP contribution in [-0.4, -0.2) is 24.3 Å². The van der Waals surface area contributed by atoms with E-state index in [2.05, 4.69) is 5.32 Å². The summed E-state index contributed by atoms with van der Waals surface area (Å²) in [5.74, 6) is -1.11. The number of nitrogens with one attached hydrogen (secondary N) is 1. The zero-order chi connectivity index (χ0) is 20.1. The highest BCUT2D eigenvalue weighted by Crippen LogP contribution is 2.29. The second kappa shape index (κ2) is 8.63. The predicted molar refractivity (Wildman–Crippen MR) is 110 cm³/mol. The lowest BCUT2D eigenvalue weighted by Gasteiger charge is -2.08. The molecule has 0 saturated carbocycles. The average Bonchev–Trinajstić information content (AvgIpc) is 3.17. The second-order valence-electron chi connectivity index (χ2n) is 6.29. The van der Waals surface area contributed by atoms with Gasteiger partial charge in [-0.2, -0.15) is 0 Å². The summed E-state index contributed by atoms with van der Waals surface area (Å²) in [5, 5.41) is 4.44. The molecule has 1 heterocycles. The van der Waals surface area contributed by atoms with E-state index in [-0.39, 0.29) is 5.78 Å². The van der Waals surface area contributed by atoms with Crippen LogP contribution in [-0.2, 0) is 9.53 Å². The fourth-order valence-corrected chi connectivity index (χ4v) is 3.45. The lowest BCUT2D eigenvalue weighted by Crippen LogP contribution is -2.21. The molecule has 142 valence electrons. The van der Waals surface area contributed by atoms with Gasteiger partial charge in [-0.3, -0.25) is 9.59 Å². The van der Waals surface area contributed by atoms with Gasteiger partial charge in [0.25, 0.3) is 5.91 Å². The Morgan fingerprint density at radius 1 is 1.04 bits per heavy atom. The van der Waals surface area contributed by atoms with Crippen molar-refractivity contribution in [2.45, 2.75) is 13.8 Å². The van der Waals surface area contributed by atoms with E-state index in [1.54, 1.807) is 24.3 Å². The van der Waals surface area contributed by atoms with Crippen LogP contribution in [0.25, 0.3) is 11.1 Å². The number of carbonyl (C=O) groups is 3. The summed E-state index contributed by atoms with van der Waals surface area (Å²) in [4.78, 5) is 36.4. The molecule has 0 fully saturated rings. The summed E-state index contributed by atoms with van der Waals surface area (Å²) >= 11 is 1.27. The molecule has 1 N–H and O–H groups in total. The fraction of sp³-hybridized carbons (Fsp3) is 0.136. The topological polar surface area (TPSA) is 72.5 Å². The van der Waals surface area contributed by atoms with Gasteiger partial charge in [0.15, 0.2) is 12.4 Å². The van der Waals surface area contributed by atoms with Crippen LogP contribution in [0.15, 0.2) is 60.0 Å². The van der Waals surface area contributed by atoms with Gasteiger partial charge in [-0.1, -0.05) is 42.0 Å². The molecule has 0 aliphatic heterocycles. The number of carbonyl (C=O) groups excluding carboxylic acids is 3. The van der Waals surface area contributed by atoms with Crippen molar-refractivity contribution in [2.24, 2.45) is 0 Å². The molecular formula is C22H19NO4S. The third-order valence-corrected chi connectivity index (χ3v) is 4.99. The summed E-state index contributed by atoms with van der Waals surface area (Å²) in [5.41, 5.74) is 3.81. The van der Waals surface area contributed by atoms with Gasteiger partial charge in [0.2, 0.25) is 0 Å². The van der Waals surface area contributed by atoms with Crippen LogP contribution >= 0.6 is 11.3 Å². The number of hydrogen-bond donors (Lipinski definition) is 1. The van der Waals surface area contributed by atoms with Gasteiger partial charge in [0, 0.05) is 16.8 Å². The molecule has 6 heteroatoms. The van der Waals surface area contributed by atoms with Crippen LogP contribution < -0.4 is 5.32 Å². The van der Waals surface area contributed by atoms with E-state index in [0.29, 0.717) is 16.1 Å². The van der Waals surface area contributed by atoms with E-state index in [1.807, 2.05) is 42.6 Å². The van der Waals surface area contributed by atoms with Crippen LogP contribution in [0.1, 0.15) is 32.5 Å². The first-order chi connectivity index (χ1) is 13.4. The van der Waals surface area contributed by atoms with Gasteiger partial charge in [-0.05, 0) is 43.0 Å². The maximum absolute atomic E-state index is 12.4. The zero-order valence-electron chi connectivity index (χ0n) is 15.5. The van der Waals surface area contributed by atoms with Crippen molar-refractivity contribution in [2.75, 3.05) is 11.9 Å². The molecule has 0 radical (unpaired) electrons. The SMILES string of the molecule is CC(=O)c1cccc(NC(=O)COC(=O)c2sccc2-c2ccc(C)cc2)c1. The standard InChI is InChI=1S/C22H19NO4S/c1-14-6-8-16(9-7-14)19-10-11-28-21(19)22(26)27-13-20(25)23-18-5-3-4-17(12-18)15(2)24/h3-12H,13H2,1-2H3,(H,23,25). The van der Waals surface area contributed by atoms with Crippen molar-refractivity contribution < 1.29 is 19.1 Å². The number of ketones is 1. The summed E-state index contributed by atoms with van der Waals surface area (Å²) in [7, 11) is 0. The largest absolute Gasteiger partial charge is 0.451 e. The average molecular weight is 393 g/mol. The molecule has 1 aromatic heterocycles. The number of rotatable bonds is 6. The van der Waals surface area contributed by atoms with Gasteiger partial charge >= 0.3 is 5.97 Å². The van der Waals surface area contributed by atoms with Gasteiger partial charge in [0.1, 0.15) is 4.88 Å². The molecule has 3 rings (SSSR count). The number of thiophene rings is 1. The first-order valence-electron chi connectivity index (χ1n) is 8.66. The lowest BCUT2D eigenvalue weighted by molar-refractivity contribution is -0.119. The molecule has 2 aromatic carbocycles. The Labute approximate surface area is 167 Å². The molecule has 0 spiro atoms. The Morgan fingerprint density at radius 2 is 1.79 bits per heavy atom. The second-order valence-corrected chi connectivity index (χ2v) is 7.21. The van der Waals surface area contributed by atoms with Crippen molar-refractivity contribution in [1.29, 1.82) is 0 Å². The van der Waals surface area contributed by atoms with Crippen LogP contribution in [0.5, 0.6) is 0 Å². The van der Waals surface area contributed by atoms with Crippen LogP contribution in [0.2, 0.25) is 0 Å². The molecule has 28 heavy (non-hydrogen) atoms. The molecule has 1 amide bonds. The van der Waals surface area contributed by atoms with Crippen molar-refractivity contribution in [3.63, 3.8) is 0 Å². The van der Waals surface area contributed by atoms with Gasteiger partial charge in [-0.25, -0.2) is 4.79 Å². The molecule has 0 aliphatic carbocycles. The normalized spacial score (nSPS) is 10.4. The predicted octanol–water partition coefficient (Wildman–Crippen LogP) is 4.72. The van der Waals surface area contributed by atoms with Crippen molar-refractivity contribution in [3.05, 3.63) is 76.0 Å². The molecule has 0 atom stereocenters. The Morgan fingerprint density at radius 3 is 2.50 bits per heavy atom. The minimum atomic E-state index is -0.543.